The van der Waals surface area contributed by atoms with E-state index in [0.29, 0.717) is 5.92 Å². The van der Waals surface area contributed by atoms with Crippen LogP contribution in [0, 0.1) is 11.3 Å². The lowest BCUT2D eigenvalue weighted by molar-refractivity contribution is 0.246. The lowest BCUT2D eigenvalue weighted by atomic mass is 9.94. The zero-order valence-electron chi connectivity index (χ0n) is 6.85. The van der Waals surface area contributed by atoms with Crippen molar-refractivity contribution in [1.82, 2.24) is 4.90 Å². The smallest absolute Gasteiger partial charge is 0.0102 e. The summed E-state index contributed by atoms with van der Waals surface area (Å²) in [7, 11) is 2.13. The number of piperidine rings is 1. The quantitative estimate of drug-likeness (QED) is 0.547. The van der Waals surface area contributed by atoms with Crippen LogP contribution in [0.2, 0.25) is 0 Å². The third-order valence-corrected chi connectivity index (χ3v) is 2.24. The highest BCUT2D eigenvalue weighted by Crippen LogP contribution is 2.15. The third kappa shape index (κ3) is 1.81. The molecule has 0 aromatic rings. The number of nitrogens with one attached hydrogen (secondary N) is 1. The summed E-state index contributed by atoms with van der Waals surface area (Å²) in [6, 6.07) is 0. The summed E-state index contributed by atoms with van der Waals surface area (Å²) >= 11 is 0. The highest BCUT2D eigenvalue weighted by atomic mass is 15.1. The van der Waals surface area contributed by atoms with Crippen molar-refractivity contribution in [3.05, 3.63) is 0 Å². The van der Waals surface area contributed by atoms with Gasteiger partial charge in [-0.25, -0.2) is 0 Å². The van der Waals surface area contributed by atoms with Gasteiger partial charge in [0.2, 0.25) is 0 Å². The minimum absolute atomic E-state index is 0.541. The molecule has 1 atom stereocenters. The topological polar surface area (TPSA) is 27.1 Å². The van der Waals surface area contributed by atoms with E-state index in [4.69, 9.17) is 5.41 Å². The van der Waals surface area contributed by atoms with Crippen molar-refractivity contribution in [3.63, 3.8) is 0 Å². The first-order valence-corrected chi connectivity index (χ1v) is 3.93. The maximum Gasteiger partial charge on any atom is 0.0102 e. The molecule has 1 rings (SSSR count). The van der Waals surface area contributed by atoms with E-state index in [2.05, 4.69) is 11.9 Å². The van der Waals surface area contributed by atoms with Gasteiger partial charge in [0, 0.05) is 18.2 Å². The summed E-state index contributed by atoms with van der Waals surface area (Å²) in [6.07, 6.45) is 2.48. The van der Waals surface area contributed by atoms with Crippen LogP contribution in [0.5, 0.6) is 0 Å². The molecule has 0 radical (unpaired) electrons. The maximum absolute atomic E-state index is 7.45. The normalized spacial score (nSPS) is 28.4. The van der Waals surface area contributed by atoms with Crippen LogP contribution in [0.15, 0.2) is 0 Å². The standard InChI is InChI=1S/C8H16N2/c1-7(9)8-4-3-5-10(2)6-8/h8-9H,3-6H2,1-2H3. The van der Waals surface area contributed by atoms with E-state index < -0.39 is 0 Å². The van der Waals surface area contributed by atoms with Crippen molar-refractivity contribution in [3.8, 4) is 0 Å². The van der Waals surface area contributed by atoms with Crippen LogP contribution >= 0.6 is 0 Å². The van der Waals surface area contributed by atoms with Crippen molar-refractivity contribution < 1.29 is 0 Å². The molecule has 0 saturated carbocycles. The molecule has 0 spiro atoms. The fraction of sp³-hybridized carbons (Fsp3) is 0.875. The van der Waals surface area contributed by atoms with Crippen LogP contribution < -0.4 is 0 Å². The summed E-state index contributed by atoms with van der Waals surface area (Å²) < 4.78 is 0. The number of rotatable bonds is 1. The maximum atomic E-state index is 7.45. The summed E-state index contributed by atoms with van der Waals surface area (Å²) in [5, 5.41) is 7.45. The second kappa shape index (κ2) is 3.15. The minimum Gasteiger partial charge on any atom is -0.310 e. The van der Waals surface area contributed by atoms with Gasteiger partial charge in [0.05, 0.1) is 0 Å². The highest BCUT2D eigenvalue weighted by Gasteiger charge is 2.17. The minimum atomic E-state index is 0.541. The molecule has 1 N–H and O–H groups in total. The molecule has 2 nitrogen and oxygen atoms in total. The van der Waals surface area contributed by atoms with Crippen LogP contribution in [-0.2, 0) is 0 Å². The van der Waals surface area contributed by atoms with E-state index in [1.165, 1.54) is 19.4 Å². The SMILES string of the molecule is CC(=N)C1CCCN(C)C1. The Morgan fingerprint density at radius 2 is 2.30 bits per heavy atom. The van der Waals surface area contributed by atoms with E-state index >= 15 is 0 Å². The molecule has 1 fully saturated rings. The predicted molar refractivity (Wildman–Crippen MR) is 43.6 cm³/mol. The van der Waals surface area contributed by atoms with Gasteiger partial charge in [-0.15, -0.1) is 0 Å². The molecule has 1 aliphatic heterocycles. The Morgan fingerprint density at radius 1 is 1.60 bits per heavy atom. The first-order valence-electron chi connectivity index (χ1n) is 3.93. The Balaban J connectivity index is 2.39. The molecule has 2 heteroatoms. The molecule has 1 heterocycles. The third-order valence-electron chi connectivity index (χ3n) is 2.24. The monoisotopic (exact) mass is 140 g/mol. The van der Waals surface area contributed by atoms with Gasteiger partial charge in [-0.05, 0) is 33.4 Å². The predicted octanol–water partition coefficient (Wildman–Crippen LogP) is 1.37. The Bertz CT molecular complexity index is 131. The summed E-state index contributed by atoms with van der Waals surface area (Å²) in [6.45, 7) is 4.23. The molecular formula is C8H16N2. The van der Waals surface area contributed by atoms with E-state index in [0.717, 1.165) is 12.3 Å². The molecule has 0 aromatic carbocycles. The Hall–Kier alpha value is -0.370. The molecule has 0 amide bonds. The van der Waals surface area contributed by atoms with Crippen molar-refractivity contribution in [2.75, 3.05) is 20.1 Å². The van der Waals surface area contributed by atoms with Crippen molar-refractivity contribution >= 4 is 5.71 Å². The molecular weight excluding hydrogens is 124 g/mol. The molecule has 0 bridgehead atoms. The summed E-state index contributed by atoms with van der Waals surface area (Å²) in [4.78, 5) is 2.31. The van der Waals surface area contributed by atoms with Gasteiger partial charge in [-0.3, -0.25) is 0 Å². The molecule has 0 aromatic heterocycles. The van der Waals surface area contributed by atoms with E-state index in [9.17, 15) is 0 Å². The van der Waals surface area contributed by atoms with Crippen LogP contribution in [-0.4, -0.2) is 30.7 Å². The average molecular weight is 140 g/mol. The van der Waals surface area contributed by atoms with Gasteiger partial charge in [0.25, 0.3) is 0 Å². The molecule has 10 heavy (non-hydrogen) atoms. The van der Waals surface area contributed by atoms with Gasteiger partial charge in [0.15, 0.2) is 0 Å². The lowest BCUT2D eigenvalue weighted by Crippen LogP contribution is -2.34. The van der Waals surface area contributed by atoms with Crippen molar-refractivity contribution in [2.45, 2.75) is 19.8 Å². The molecule has 1 aliphatic rings. The van der Waals surface area contributed by atoms with E-state index in [1.807, 2.05) is 6.92 Å². The van der Waals surface area contributed by atoms with E-state index in [-0.39, 0.29) is 0 Å². The molecule has 0 aliphatic carbocycles. The first kappa shape index (κ1) is 7.73. The number of hydrogen-bond donors (Lipinski definition) is 1. The van der Waals surface area contributed by atoms with Gasteiger partial charge in [0.1, 0.15) is 0 Å². The van der Waals surface area contributed by atoms with Crippen LogP contribution in [0.4, 0.5) is 0 Å². The molecule has 1 unspecified atom stereocenters. The van der Waals surface area contributed by atoms with Crippen LogP contribution in [0.1, 0.15) is 19.8 Å². The Kier molecular flexibility index (Phi) is 2.44. The summed E-state index contributed by atoms with van der Waals surface area (Å²) in [5.41, 5.74) is 0.853. The molecule has 58 valence electrons. The number of hydrogen-bond acceptors (Lipinski definition) is 2. The zero-order valence-corrected chi connectivity index (χ0v) is 6.85. The second-order valence-electron chi connectivity index (χ2n) is 3.28. The van der Waals surface area contributed by atoms with Crippen molar-refractivity contribution in [1.29, 1.82) is 5.41 Å². The number of nitrogens with zero attached hydrogens (tertiary/aromatic N) is 1. The number of likely N-dealkylation sites (tertiary alicyclic amines) is 1. The fourth-order valence-corrected chi connectivity index (χ4v) is 1.52. The van der Waals surface area contributed by atoms with Gasteiger partial charge < -0.3 is 10.3 Å². The highest BCUT2D eigenvalue weighted by molar-refractivity contribution is 5.81. The second-order valence-corrected chi connectivity index (χ2v) is 3.28. The summed E-state index contributed by atoms with van der Waals surface area (Å²) in [5.74, 6) is 0.541. The van der Waals surface area contributed by atoms with Gasteiger partial charge in [-0.1, -0.05) is 0 Å². The average Bonchev–Trinajstić information content (AvgIpc) is 1.88. The zero-order chi connectivity index (χ0) is 7.56. The van der Waals surface area contributed by atoms with Crippen LogP contribution in [0.25, 0.3) is 0 Å². The van der Waals surface area contributed by atoms with Crippen molar-refractivity contribution in [2.24, 2.45) is 5.92 Å². The van der Waals surface area contributed by atoms with Gasteiger partial charge in [-0.2, -0.15) is 0 Å². The fourth-order valence-electron chi connectivity index (χ4n) is 1.52. The first-order chi connectivity index (χ1) is 4.70. The lowest BCUT2D eigenvalue weighted by Gasteiger charge is -2.28. The molecule has 1 saturated heterocycles. The Morgan fingerprint density at radius 3 is 2.70 bits per heavy atom. The van der Waals surface area contributed by atoms with Gasteiger partial charge >= 0.3 is 0 Å². The Labute approximate surface area is 62.7 Å². The largest absolute Gasteiger partial charge is 0.310 e. The van der Waals surface area contributed by atoms with E-state index in [1.54, 1.807) is 0 Å². The van der Waals surface area contributed by atoms with Crippen LogP contribution in [0.3, 0.4) is 0 Å².